The maximum absolute atomic E-state index is 11.8. The van der Waals surface area contributed by atoms with Crippen molar-refractivity contribution in [3.05, 3.63) is 40.4 Å². The number of anilines is 3. The number of aromatic nitrogens is 2. The van der Waals surface area contributed by atoms with Gasteiger partial charge in [0.15, 0.2) is 11.6 Å². The van der Waals surface area contributed by atoms with Crippen molar-refractivity contribution >= 4 is 50.5 Å². The minimum absolute atomic E-state index is 0.0617. The van der Waals surface area contributed by atoms with E-state index in [1.807, 2.05) is 6.92 Å². The maximum atomic E-state index is 11.8. The Morgan fingerprint density at radius 3 is 2.22 bits per heavy atom. The van der Waals surface area contributed by atoms with Gasteiger partial charge in [-0.25, -0.2) is 8.42 Å². The van der Waals surface area contributed by atoms with Crippen LogP contribution in [0.2, 0.25) is 10.0 Å². The summed E-state index contributed by atoms with van der Waals surface area (Å²) in [6.45, 7) is 1.93. The Morgan fingerprint density at radius 1 is 1.04 bits per heavy atom. The third kappa shape index (κ3) is 5.85. The molecule has 2 aromatic rings. The van der Waals surface area contributed by atoms with Crippen molar-refractivity contribution in [1.82, 2.24) is 10.2 Å². The van der Waals surface area contributed by atoms with Crippen LogP contribution in [0.15, 0.2) is 30.3 Å². The van der Waals surface area contributed by atoms with Crippen LogP contribution in [0.4, 0.5) is 17.3 Å². The lowest BCUT2D eigenvalue weighted by Crippen LogP contribution is -2.17. The monoisotopic (exact) mass is 374 g/mol. The molecule has 1 heterocycles. The van der Waals surface area contributed by atoms with E-state index in [2.05, 4.69) is 20.2 Å². The van der Waals surface area contributed by atoms with Crippen molar-refractivity contribution in [1.29, 1.82) is 0 Å². The summed E-state index contributed by atoms with van der Waals surface area (Å²) < 4.78 is 26.0. The fourth-order valence-electron chi connectivity index (χ4n) is 1.77. The summed E-state index contributed by atoms with van der Waals surface area (Å²) in [6, 6.07) is 8.14. The number of hydrogen-bond acceptors (Lipinski definition) is 5. The Balaban J connectivity index is 2.04. The van der Waals surface area contributed by atoms with Crippen LogP contribution < -0.4 is 10.0 Å². The minimum Gasteiger partial charge on any atom is -0.339 e. The first-order valence-electron chi connectivity index (χ1n) is 6.95. The molecule has 0 unspecified atom stereocenters. The predicted molar refractivity (Wildman–Crippen MR) is 94.1 cm³/mol. The highest BCUT2D eigenvalue weighted by atomic mass is 35.5. The largest absolute Gasteiger partial charge is 0.339 e. The maximum Gasteiger partial charge on any atom is 0.233 e. The molecule has 0 aliphatic heterocycles. The molecule has 0 atom stereocenters. The van der Waals surface area contributed by atoms with E-state index >= 15 is 0 Å². The predicted octanol–water partition coefficient (Wildman–Crippen LogP) is 4.07. The highest BCUT2D eigenvalue weighted by molar-refractivity contribution is 7.92. The summed E-state index contributed by atoms with van der Waals surface area (Å²) in [6.07, 6.45) is 1.40. The molecule has 0 aliphatic carbocycles. The minimum atomic E-state index is -3.39. The van der Waals surface area contributed by atoms with Gasteiger partial charge in [0.2, 0.25) is 10.0 Å². The molecule has 124 valence electrons. The van der Waals surface area contributed by atoms with E-state index in [0.717, 1.165) is 6.42 Å². The van der Waals surface area contributed by atoms with Crippen molar-refractivity contribution in [3.8, 4) is 0 Å². The van der Waals surface area contributed by atoms with Gasteiger partial charge in [-0.3, -0.25) is 4.72 Å². The van der Waals surface area contributed by atoms with E-state index in [-0.39, 0.29) is 11.6 Å². The highest BCUT2D eigenvalue weighted by Crippen LogP contribution is 2.24. The van der Waals surface area contributed by atoms with Gasteiger partial charge < -0.3 is 5.32 Å². The van der Waals surface area contributed by atoms with Crippen molar-refractivity contribution in [2.75, 3.05) is 15.8 Å². The van der Waals surface area contributed by atoms with Crippen molar-refractivity contribution in [2.24, 2.45) is 0 Å². The first-order chi connectivity index (χ1) is 10.9. The van der Waals surface area contributed by atoms with E-state index in [4.69, 9.17) is 23.2 Å². The van der Waals surface area contributed by atoms with Gasteiger partial charge in [0, 0.05) is 15.7 Å². The van der Waals surface area contributed by atoms with Crippen LogP contribution in [0.5, 0.6) is 0 Å². The topological polar surface area (TPSA) is 84.0 Å². The number of benzene rings is 1. The molecule has 23 heavy (non-hydrogen) atoms. The average molecular weight is 375 g/mol. The molecule has 0 radical (unpaired) electrons. The third-order valence-corrected chi connectivity index (χ3v) is 4.61. The lowest BCUT2D eigenvalue weighted by molar-refractivity contribution is 0.597. The molecule has 6 nitrogen and oxygen atoms in total. The molecule has 0 saturated heterocycles. The molecule has 2 N–H and O–H groups in total. The quantitative estimate of drug-likeness (QED) is 0.762. The van der Waals surface area contributed by atoms with E-state index < -0.39 is 10.0 Å². The second-order valence-electron chi connectivity index (χ2n) is 4.86. The number of hydrogen-bond donors (Lipinski definition) is 2. The Hall–Kier alpha value is -1.57. The van der Waals surface area contributed by atoms with Crippen LogP contribution in [0.3, 0.4) is 0 Å². The van der Waals surface area contributed by atoms with Crippen LogP contribution in [0, 0.1) is 0 Å². The molecule has 0 saturated carbocycles. The lowest BCUT2D eigenvalue weighted by atomic mass is 10.3. The summed E-state index contributed by atoms with van der Waals surface area (Å²) in [5, 5.41) is 11.7. The summed E-state index contributed by atoms with van der Waals surface area (Å²) in [7, 11) is -3.39. The van der Waals surface area contributed by atoms with E-state index in [9.17, 15) is 8.42 Å². The molecule has 0 aliphatic rings. The molecule has 0 bridgehead atoms. The SMILES string of the molecule is CCCCS(=O)(=O)Nc1ccc(Nc2cc(Cl)cc(Cl)c2)nn1. The van der Waals surface area contributed by atoms with Gasteiger partial charge in [-0.05, 0) is 36.8 Å². The van der Waals surface area contributed by atoms with Crippen molar-refractivity contribution in [3.63, 3.8) is 0 Å². The van der Waals surface area contributed by atoms with Crippen molar-refractivity contribution < 1.29 is 8.42 Å². The molecule has 9 heteroatoms. The number of rotatable bonds is 7. The molecule has 2 rings (SSSR count). The highest BCUT2D eigenvalue weighted by Gasteiger charge is 2.10. The molecule has 1 aromatic heterocycles. The summed E-state index contributed by atoms with van der Waals surface area (Å²) in [4.78, 5) is 0. The normalized spacial score (nSPS) is 11.3. The second-order valence-corrected chi connectivity index (χ2v) is 7.58. The molecular formula is C14H16Cl2N4O2S. The lowest BCUT2D eigenvalue weighted by Gasteiger charge is -2.08. The summed E-state index contributed by atoms with van der Waals surface area (Å²) >= 11 is 11.8. The van der Waals surface area contributed by atoms with Gasteiger partial charge in [-0.2, -0.15) is 0 Å². The Bertz CT molecular complexity index is 747. The fraction of sp³-hybridized carbons (Fsp3) is 0.286. The molecule has 0 amide bonds. The average Bonchev–Trinajstić information content (AvgIpc) is 2.46. The first kappa shape index (κ1) is 17.8. The summed E-state index contributed by atoms with van der Waals surface area (Å²) in [5.41, 5.74) is 0.660. The third-order valence-electron chi connectivity index (χ3n) is 2.83. The van der Waals surface area contributed by atoms with Gasteiger partial charge in [0.05, 0.1) is 5.75 Å². The first-order valence-corrected chi connectivity index (χ1v) is 9.36. The fourth-order valence-corrected chi connectivity index (χ4v) is 3.50. The van der Waals surface area contributed by atoms with E-state index in [1.54, 1.807) is 24.3 Å². The molecular weight excluding hydrogens is 359 g/mol. The van der Waals surface area contributed by atoms with E-state index in [0.29, 0.717) is 28.0 Å². The number of nitrogens with zero attached hydrogens (tertiary/aromatic N) is 2. The Kier molecular flexibility index (Phi) is 6.04. The number of sulfonamides is 1. The van der Waals surface area contributed by atoms with Crippen LogP contribution in [-0.4, -0.2) is 24.4 Å². The van der Waals surface area contributed by atoms with Crippen LogP contribution >= 0.6 is 23.2 Å². The number of nitrogens with one attached hydrogen (secondary N) is 2. The van der Waals surface area contributed by atoms with Crippen LogP contribution in [-0.2, 0) is 10.0 Å². The Morgan fingerprint density at radius 2 is 1.65 bits per heavy atom. The standard InChI is InChI=1S/C14H16Cl2N4O2S/c1-2-3-6-23(21,22)20-14-5-4-13(18-19-14)17-12-8-10(15)7-11(16)9-12/h4-5,7-9H,2-3,6H2,1H3,(H,17,18)(H,19,20). The van der Waals surface area contributed by atoms with Gasteiger partial charge in [-0.15, -0.1) is 10.2 Å². The smallest absolute Gasteiger partial charge is 0.233 e. The number of unbranched alkanes of at least 4 members (excludes halogenated alkanes) is 1. The zero-order valence-corrected chi connectivity index (χ0v) is 14.7. The zero-order valence-electron chi connectivity index (χ0n) is 12.4. The van der Waals surface area contributed by atoms with Crippen molar-refractivity contribution in [2.45, 2.75) is 19.8 Å². The summed E-state index contributed by atoms with van der Waals surface area (Å²) in [5.74, 6) is 0.683. The second kappa shape index (κ2) is 7.81. The molecule has 0 spiro atoms. The van der Waals surface area contributed by atoms with Gasteiger partial charge in [0.25, 0.3) is 0 Å². The van der Waals surface area contributed by atoms with Crippen LogP contribution in [0.1, 0.15) is 19.8 Å². The van der Waals surface area contributed by atoms with Gasteiger partial charge in [-0.1, -0.05) is 36.5 Å². The molecule has 1 aromatic carbocycles. The number of halogens is 2. The molecule has 0 fully saturated rings. The Labute approximate surface area is 145 Å². The zero-order chi connectivity index (χ0) is 16.9. The van der Waals surface area contributed by atoms with Crippen LogP contribution in [0.25, 0.3) is 0 Å². The van der Waals surface area contributed by atoms with Gasteiger partial charge >= 0.3 is 0 Å². The van der Waals surface area contributed by atoms with E-state index in [1.165, 1.54) is 6.07 Å². The van der Waals surface area contributed by atoms with Gasteiger partial charge in [0.1, 0.15) is 0 Å².